The molecular weight excluding hydrogens is 629 g/mol. The van der Waals surface area contributed by atoms with E-state index in [1.54, 1.807) is 4.90 Å². The van der Waals surface area contributed by atoms with Crippen molar-refractivity contribution in [3.63, 3.8) is 0 Å². The van der Waals surface area contributed by atoms with Crippen LogP contribution in [-0.4, -0.2) is 4.57 Å². The van der Waals surface area contributed by atoms with Crippen LogP contribution < -0.4 is 4.90 Å². The fraction of sp³-hybridized carbons (Fsp3) is 0. The van der Waals surface area contributed by atoms with Gasteiger partial charge in [-0.05, 0) is 99.0 Å². The van der Waals surface area contributed by atoms with E-state index in [0.29, 0.717) is 11.4 Å². The molecule has 10 aromatic rings. The van der Waals surface area contributed by atoms with E-state index >= 15 is 0 Å². The van der Waals surface area contributed by atoms with Crippen LogP contribution in [0, 0.1) is 0 Å². The summed E-state index contributed by atoms with van der Waals surface area (Å²) in [6.45, 7) is 0. The smallest absolute Gasteiger partial charge is 0.0652 e. The molecular formula is C50H34N2. The van der Waals surface area contributed by atoms with E-state index in [1.807, 2.05) is 115 Å². The Hall–Kier alpha value is -6.90. The Morgan fingerprint density at radius 3 is 2.04 bits per heavy atom. The monoisotopic (exact) mass is 675 g/mol. The SMILES string of the molecule is [2H]c1cc(-n2c3c([2H])c([2H])c([2H])c([2H])c3c3c([2H])c([2H])c4c([2H])c([2H])c(N(c5ccc(-c6ccccc6)cc5)c5cccc(-c6ccc7ccccc7c6)c5)c([2H])c4c32)c([2H])c([2H])c1[2H]. The zero-order valence-electron chi connectivity index (χ0n) is 40.5. The van der Waals surface area contributed by atoms with Gasteiger partial charge in [0.15, 0.2) is 0 Å². The lowest BCUT2D eigenvalue weighted by atomic mass is 10.00. The predicted octanol–water partition coefficient (Wildman–Crippen LogP) is 13.9. The van der Waals surface area contributed by atoms with Crippen molar-refractivity contribution in [2.45, 2.75) is 0 Å². The van der Waals surface area contributed by atoms with Gasteiger partial charge in [-0.25, -0.2) is 0 Å². The third-order valence-corrected chi connectivity index (χ3v) is 9.37. The first-order valence-corrected chi connectivity index (χ1v) is 16.8. The average molecular weight is 676 g/mol. The van der Waals surface area contributed by atoms with Gasteiger partial charge in [-0.2, -0.15) is 0 Å². The maximum absolute atomic E-state index is 10.2. The molecule has 0 saturated carbocycles. The molecule has 1 aromatic heterocycles. The number of hydrogen-bond donors (Lipinski definition) is 0. The van der Waals surface area contributed by atoms with Crippen molar-refractivity contribution < 1.29 is 17.8 Å². The van der Waals surface area contributed by atoms with Crippen molar-refractivity contribution in [3.05, 3.63) is 206 Å². The molecule has 10 rings (SSSR count). The lowest BCUT2D eigenvalue weighted by Crippen LogP contribution is -2.10. The first kappa shape index (κ1) is 19.5. The third kappa shape index (κ3) is 5.12. The molecule has 0 bridgehead atoms. The molecule has 1 heterocycles. The summed E-state index contributed by atoms with van der Waals surface area (Å²) in [5.74, 6) is 0. The molecule has 2 nitrogen and oxygen atoms in total. The molecule has 0 unspecified atom stereocenters. The van der Waals surface area contributed by atoms with Gasteiger partial charge >= 0.3 is 0 Å². The second-order valence-electron chi connectivity index (χ2n) is 12.4. The predicted molar refractivity (Wildman–Crippen MR) is 221 cm³/mol. The van der Waals surface area contributed by atoms with Crippen LogP contribution in [0.5, 0.6) is 0 Å². The fourth-order valence-electron chi connectivity index (χ4n) is 6.93. The highest BCUT2D eigenvalue weighted by Crippen LogP contribution is 2.42. The zero-order chi connectivity index (χ0) is 45.7. The maximum Gasteiger partial charge on any atom is 0.0652 e. The van der Waals surface area contributed by atoms with Crippen molar-refractivity contribution in [1.82, 2.24) is 4.57 Å². The van der Waals surface area contributed by atoms with Crippen molar-refractivity contribution >= 4 is 60.4 Å². The van der Waals surface area contributed by atoms with Crippen molar-refractivity contribution in [3.8, 4) is 27.9 Å². The van der Waals surface area contributed by atoms with Crippen LogP contribution in [-0.2, 0) is 0 Å². The summed E-state index contributed by atoms with van der Waals surface area (Å²) in [7, 11) is 0. The normalized spacial score (nSPS) is 15.0. The van der Waals surface area contributed by atoms with Crippen molar-refractivity contribution in [2.75, 3.05) is 4.90 Å². The lowest BCUT2D eigenvalue weighted by Gasteiger charge is -2.27. The van der Waals surface area contributed by atoms with E-state index in [2.05, 4.69) is 6.07 Å². The molecule has 0 aliphatic heterocycles. The van der Waals surface area contributed by atoms with Crippen LogP contribution in [0.15, 0.2) is 206 Å². The molecule has 0 atom stereocenters. The van der Waals surface area contributed by atoms with E-state index in [0.717, 1.165) is 39.1 Å². The number of fused-ring (bicyclic) bond motifs is 6. The van der Waals surface area contributed by atoms with Gasteiger partial charge in [0.2, 0.25) is 0 Å². The number of anilines is 3. The van der Waals surface area contributed by atoms with Crippen molar-refractivity contribution in [2.24, 2.45) is 0 Å². The minimum atomic E-state index is -0.646. The Kier molecular flexibility index (Phi) is 4.67. The number of benzene rings is 9. The minimum absolute atomic E-state index is 0.0876. The Morgan fingerprint density at radius 1 is 0.404 bits per heavy atom. The van der Waals surface area contributed by atoms with Gasteiger partial charge in [-0.3, -0.25) is 0 Å². The van der Waals surface area contributed by atoms with Gasteiger partial charge in [0.25, 0.3) is 0 Å². The molecule has 0 aliphatic rings. The van der Waals surface area contributed by atoms with Gasteiger partial charge in [0.1, 0.15) is 0 Å². The van der Waals surface area contributed by atoms with Gasteiger partial charge in [-0.1, -0.05) is 145 Å². The van der Waals surface area contributed by atoms with Crippen LogP contribution in [0.25, 0.3) is 71.3 Å². The Morgan fingerprint density at radius 2 is 1.13 bits per heavy atom. The second kappa shape index (κ2) is 12.5. The first-order chi connectivity index (χ1) is 31.2. The second-order valence-corrected chi connectivity index (χ2v) is 12.4. The third-order valence-electron chi connectivity index (χ3n) is 9.37. The highest BCUT2D eigenvalue weighted by molar-refractivity contribution is 6.19. The first-order valence-electron chi connectivity index (χ1n) is 23.3. The van der Waals surface area contributed by atoms with Crippen LogP contribution in [0.2, 0.25) is 0 Å². The quantitative estimate of drug-likeness (QED) is 0.170. The number of aromatic nitrogens is 1. The highest BCUT2D eigenvalue weighted by atomic mass is 15.1. The molecule has 0 saturated heterocycles. The van der Waals surface area contributed by atoms with E-state index in [-0.39, 0.29) is 50.0 Å². The van der Waals surface area contributed by atoms with Crippen LogP contribution in [0.4, 0.5) is 17.1 Å². The Labute approximate surface area is 321 Å². The standard InChI is InChI=1S/C50H34N2/c1-3-12-35(13-4-1)37-24-28-43(29-25-37)51(44-19-11-16-40(33-44)41-23-22-36-14-7-8-15-39(36)32-41)45-30-26-38-27-31-47-46-20-9-10-21-49(46)52(50(47)48(38)34-45)42-17-5-2-6-18-42/h1-34H/i2D,5D,6D,9D,10D,17D,20D,21D,26D,27D,30D,31D,34D. The lowest BCUT2D eigenvalue weighted by molar-refractivity contribution is 1.19. The number of para-hydroxylation sites is 2. The Bertz CT molecular complexity index is 3640. The van der Waals surface area contributed by atoms with Gasteiger partial charge in [-0.15, -0.1) is 0 Å². The summed E-state index contributed by atoms with van der Waals surface area (Å²) in [5.41, 5.74) is 3.90. The van der Waals surface area contributed by atoms with E-state index in [9.17, 15) is 6.85 Å². The van der Waals surface area contributed by atoms with Crippen molar-refractivity contribution in [1.29, 1.82) is 0 Å². The molecule has 52 heavy (non-hydrogen) atoms. The van der Waals surface area contributed by atoms with Crippen LogP contribution >= 0.6 is 0 Å². The number of nitrogens with zero attached hydrogens (tertiary/aromatic N) is 2. The molecule has 0 N–H and O–H groups in total. The summed E-state index contributed by atoms with van der Waals surface area (Å²) >= 11 is 0. The summed E-state index contributed by atoms with van der Waals surface area (Å²) in [5, 5.41) is 1.29. The summed E-state index contributed by atoms with van der Waals surface area (Å²) < 4.78 is 119. The molecule has 0 amide bonds. The number of hydrogen-bond acceptors (Lipinski definition) is 1. The molecule has 2 heteroatoms. The summed E-state index contributed by atoms with van der Waals surface area (Å²) in [4.78, 5) is 1.68. The van der Waals surface area contributed by atoms with E-state index in [4.69, 9.17) is 11.0 Å². The van der Waals surface area contributed by atoms with Gasteiger partial charge in [0.05, 0.1) is 28.9 Å². The molecule has 9 aromatic carbocycles. The minimum Gasteiger partial charge on any atom is -0.310 e. The zero-order valence-corrected chi connectivity index (χ0v) is 27.5. The van der Waals surface area contributed by atoms with E-state index < -0.39 is 72.5 Å². The van der Waals surface area contributed by atoms with Gasteiger partial charge in [0, 0.05) is 38.9 Å². The molecule has 0 fully saturated rings. The molecule has 0 radical (unpaired) electrons. The fourth-order valence-corrected chi connectivity index (χ4v) is 6.93. The summed E-state index contributed by atoms with van der Waals surface area (Å²) in [6.07, 6.45) is 0. The maximum atomic E-state index is 10.2. The molecule has 0 spiro atoms. The summed E-state index contributed by atoms with van der Waals surface area (Å²) in [6, 6.07) is 33.0. The topological polar surface area (TPSA) is 8.17 Å². The van der Waals surface area contributed by atoms with Gasteiger partial charge < -0.3 is 9.47 Å². The average Bonchev–Trinajstić information content (AvgIpc) is 3.68. The van der Waals surface area contributed by atoms with E-state index in [1.165, 1.54) is 4.57 Å². The van der Waals surface area contributed by atoms with Crippen LogP contribution in [0.3, 0.4) is 0 Å². The number of rotatable bonds is 6. The molecule has 244 valence electrons. The highest BCUT2D eigenvalue weighted by Gasteiger charge is 2.18. The molecule has 0 aliphatic carbocycles. The largest absolute Gasteiger partial charge is 0.310 e. The van der Waals surface area contributed by atoms with Crippen LogP contribution in [0.1, 0.15) is 17.8 Å². The Balaban J connectivity index is 1.35.